The first-order chi connectivity index (χ1) is 17.4. The maximum atomic E-state index is 12.2. The largest absolute Gasteiger partial charge is 0.390 e. The van der Waals surface area contributed by atoms with Gasteiger partial charge >= 0.3 is 0 Å². The lowest BCUT2D eigenvalue weighted by atomic mass is 9.67. The van der Waals surface area contributed by atoms with Crippen LogP contribution in [-0.4, -0.2) is 68.2 Å². The number of hydrogen-bond acceptors (Lipinski definition) is 6. The van der Waals surface area contributed by atoms with Crippen molar-refractivity contribution >= 4 is 15.9 Å². The zero-order valence-corrected chi connectivity index (χ0v) is 21.6. The number of ether oxygens (including phenoxy) is 2. The number of halogens is 1. The van der Waals surface area contributed by atoms with Crippen molar-refractivity contribution in [3.8, 4) is 0 Å². The molecule has 3 aromatic rings. The number of hydrogen-bond donors (Lipinski definition) is 4. The first-order valence-corrected chi connectivity index (χ1v) is 13.3. The predicted molar refractivity (Wildman–Crippen MR) is 141 cm³/mol. The average molecular weight is 557 g/mol. The van der Waals surface area contributed by atoms with Gasteiger partial charge in [0.05, 0.1) is 12.7 Å². The Hall–Kier alpha value is -2.10. The minimum atomic E-state index is -2.10. The third kappa shape index (κ3) is 5.73. The molecule has 0 radical (unpaired) electrons. The van der Waals surface area contributed by atoms with Crippen molar-refractivity contribution in [1.29, 1.82) is 0 Å². The fraction of sp³-hybridized carbons (Fsp3) is 0.379. The Kier molecular flexibility index (Phi) is 8.96. The summed E-state index contributed by atoms with van der Waals surface area (Å²) >= 11 is 3.34. The normalized spacial score (nSPS) is 29.1. The average Bonchev–Trinajstić information content (AvgIpc) is 2.89. The second-order valence-corrected chi connectivity index (χ2v) is 10.2. The summed E-state index contributed by atoms with van der Waals surface area (Å²) in [4.78, 5) is 0. The van der Waals surface area contributed by atoms with Gasteiger partial charge in [-0.15, -0.1) is 0 Å². The summed E-state index contributed by atoms with van der Waals surface area (Å²) in [5, 5.41) is 47.7. The molecule has 0 bridgehead atoms. The lowest BCUT2D eigenvalue weighted by Gasteiger charge is -2.56. The van der Waals surface area contributed by atoms with Crippen molar-refractivity contribution in [3.05, 3.63) is 108 Å². The van der Waals surface area contributed by atoms with Gasteiger partial charge in [0.15, 0.2) is 11.9 Å². The van der Waals surface area contributed by atoms with Crippen molar-refractivity contribution in [2.45, 2.75) is 55.1 Å². The summed E-state index contributed by atoms with van der Waals surface area (Å²) in [5.74, 6) is 0. The highest BCUT2D eigenvalue weighted by Crippen LogP contribution is 2.44. The van der Waals surface area contributed by atoms with Crippen LogP contribution in [0.25, 0.3) is 0 Å². The molecule has 1 aliphatic rings. The number of alkyl halides is 1. The topological polar surface area (TPSA) is 99.4 Å². The molecule has 1 saturated heterocycles. The molecule has 6 atom stereocenters. The molecule has 4 rings (SSSR count). The predicted octanol–water partition coefficient (Wildman–Crippen LogP) is 3.03. The smallest absolute Gasteiger partial charge is 0.190 e. The minimum Gasteiger partial charge on any atom is -0.390 e. The molecule has 0 aromatic heterocycles. The summed E-state index contributed by atoms with van der Waals surface area (Å²) in [6, 6.07) is 27.8. The fourth-order valence-corrected chi connectivity index (χ4v) is 5.16. The molecule has 1 unspecified atom stereocenters. The molecule has 3 aromatic carbocycles. The van der Waals surface area contributed by atoms with E-state index in [0.29, 0.717) is 5.33 Å². The van der Waals surface area contributed by atoms with E-state index in [2.05, 4.69) is 15.9 Å². The SMILES string of the molecule is OC(Cc1ccccc1)[C@H]1O[C@@H](OCCBr)[C@@](O)(Cc2ccccc2)[C@](O)(Cc2ccccc2)[C@@H]1O. The fourth-order valence-electron chi connectivity index (χ4n) is 4.97. The molecule has 0 spiro atoms. The van der Waals surface area contributed by atoms with Crippen LogP contribution in [0.15, 0.2) is 91.0 Å². The Morgan fingerprint density at radius 1 is 0.778 bits per heavy atom. The summed E-state index contributed by atoms with van der Waals surface area (Å²) < 4.78 is 12.0. The van der Waals surface area contributed by atoms with Gasteiger partial charge in [-0.05, 0) is 16.7 Å². The standard InChI is InChI=1S/C29H33BrO6/c30-16-17-35-27-29(34,20-23-14-8-3-9-15-23)28(33,19-22-12-6-2-7-13-22)26(32)25(36-27)24(31)18-21-10-4-1-5-11-21/h1-15,24-27,31-34H,16-20H2/t24?,25-,26-,27-,28+,29+/m1/s1. The molecule has 36 heavy (non-hydrogen) atoms. The zero-order chi connectivity index (χ0) is 25.6. The summed E-state index contributed by atoms with van der Waals surface area (Å²) in [5.41, 5.74) is -1.78. The van der Waals surface area contributed by atoms with Crippen molar-refractivity contribution in [2.24, 2.45) is 0 Å². The van der Waals surface area contributed by atoms with Gasteiger partial charge in [0.2, 0.25) is 0 Å². The van der Waals surface area contributed by atoms with E-state index >= 15 is 0 Å². The Morgan fingerprint density at radius 2 is 1.25 bits per heavy atom. The molecule has 4 N–H and O–H groups in total. The molecule has 1 fully saturated rings. The minimum absolute atomic E-state index is 0.0251. The first-order valence-electron chi connectivity index (χ1n) is 12.1. The second-order valence-electron chi connectivity index (χ2n) is 9.37. The van der Waals surface area contributed by atoms with Gasteiger partial charge in [-0.1, -0.05) is 107 Å². The molecule has 0 amide bonds. The van der Waals surface area contributed by atoms with Crippen molar-refractivity contribution in [3.63, 3.8) is 0 Å². The van der Waals surface area contributed by atoms with Gasteiger partial charge in [-0.2, -0.15) is 0 Å². The maximum Gasteiger partial charge on any atom is 0.190 e. The van der Waals surface area contributed by atoms with E-state index in [1.165, 1.54) is 0 Å². The van der Waals surface area contributed by atoms with Crippen LogP contribution < -0.4 is 0 Å². The summed E-state index contributed by atoms with van der Waals surface area (Å²) in [6.45, 7) is 0.195. The van der Waals surface area contributed by atoms with E-state index in [9.17, 15) is 20.4 Å². The Bertz CT molecular complexity index is 1070. The highest BCUT2D eigenvalue weighted by molar-refractivity contribution is 9.09. The summed E-state index contributed by atoms with van der Waals surface area (Å²) in [7, 11) is 0. The second kappa shape index (κ2) is 12.0. The van der Waals surface area contributed by atoms with Crippen LogP contribution in [-0.2, 0) is 28.7 Å². The van der Waals surface area contributed by atoms with Gasteiger partial charge in [0.25, 0.3) is 0 Å². The van der Waals surface area contributed by atoms with E-state index in [1.807, 2.05) is 91.0 Å². The molecule has 0 aliphatic carbocycles. The highest BCUT2D eigenvalue weighted by Gasteiger charge is 2.65. The van der Waals surface area contributed by atoms with E-state index in [1.54, 1.807) is 0 Å². The van der Waals surface area contributed by atoms with Crippen LogP contribution in [0.2, 0.25) is 0 Å². The third-order valence-electron chi connectivity index (χ3n) is 6.87. The van der Waals surface area contributed by atoms with Crippen LogP contribution >= 0.6 is 15.9 Å². The Balaban J connectivity index is 1.74. The number of benzene rings is 3. The van der Waals surface area contributed by atoms with Crippen molar-refractivity contribution < 1.29 is 29.9 Å². The van der Waals surface area contributed by atoms with Crippen LogP contribution in [0.5, 0.6) is 0 Å². The van der Waals surface area contributed by atoms with Crippen LogP contribution in [0.1, 0.15) is 16.7 Å². The van der Waals surface area contributed by atoms with E-state index < -0.39 is 35.8 Å². The first kappa shape index (κ1) is 26.9. The molecular formula is C29H33BrO6. The molecule has 1 heterocycles. The molecule has 6 nitrogen and oxygen atoms in total. The van der Waals surface area contributed by atoms with Gasteiger partial charge in [0.1, 0.15) is 17.8 Å². The molecule has 192 valence electrons. The van der Waals surface area contributed by atoms with Gasteiger partial charge in [-0.3, -0.25) is 0 Å². The van der Waals surface area contributed by atoms with Crippen LogP contribution in [0.3, 0.4) is 0 Å². The summed E-state index contributed by atoms with van der Waals surface area (Å²) in [6.07, 6.45) is -5.15. The molecule has 7 heteroatoms. The van der Waals surface area contributed by atoms with Gasteiger partial charge < -0.3 is 29.9 Å². The highest BCUT2D eigenvalue weighted by atomic mass is 79.9. The molecular weight excluding hydrogens is 524 g/mol. The van der Waals surface area contributed by atoms with Crippen LogP contribution in [0, 0.1) is 0 Å². The van der Waals surface area contributed by atoms with Gasteiger partial charge in [-0.25, -0.2) is 0 Å². The Morgan fingerprint density at radius 3 is 1.75 bits per heavy atom. The van der Waals surface area contributed by atoms with E-state index in [4.69, 9.17) is 9.47 Å². The Labute approximate surface area is 220 Å². The zero-order valence-electron chi connectivity index (χ0n) is 20.0. The number of aliphatic hydroxyl groups is 4. The van der Waals surface area contributed by atoms with Crippen molar-refractivity contribution in [1.82, 2.24) is 0 Å². The lowest BCUT2D eigenvalue weighted by Crippen LogP contribution is -2.77. The van der Waals surface area contributed by atoms with E-state index in [0.717, 1.165) is 16.7 Å². The number of rotatable bonds is 10. The monoisotopic (exact) mass is 556 g/mol. The lowest BCUT2D eigenvalue weighted by molar-refractivity contribution is -0.378. The van der Waals surface area contributed by atoms with Crippen molar-refractivity contribution in [2.75, 3.05) is 11.9 Å². The van der Waals surface area contributed by atoms with Crippen LogP contribution in [0.4, 0.5) is 0 Å². The third-order valence-corrected chi connectivity index (χ3v) is 7.19. The van der Waals surface area contributed by atoms with Gasteiger partial charge in [0, 0.05) is 24.6 Å². The maximum absolute atomic E-state index is 12.2. The molecule has 0 saturated carbocycles. The quantitative estimate of drug-likeness (QED) is 0.286. The number of aliphatic hydroxyl groups excluding tert-OH is 2. The molecule has 1 aliphatic heterocycles. The van der Waals surface area contributed by atoms with E-state index in [-0.39, 0.29) is 25.9 Å².